The summed E-state index contributed by atoms with van der Waals surface area (Å²) in [5, 5.41) is 11.9. The lowest BCUT2D eigenvalue weighted by atomic mass is 9.91. The molecule has 0 bridgehead atoms. The molecule has 1 aliphatic heterocycles. The maximum absolute atomic E-state index is 11.0. The number of benzene rings is 1. The number of hydrogen-bond acceptors (Lipinski definition) is 4. The van der Waals surface area contributed by atoms with Gasteiger partial charge in [0.1, 0.15) is 10.6 Å². The molecule has 1 aliphatic rings. The standard InChI is InChI=1S/C15H15N3O2S/c1-15(11-5-3-6-12(9-11)18(19)20)10-17-8-4-7-13(17)14(16-15)21-2/h3-9H,10H2,1-2H3. The third kappa shape index (κ3) is 2.35. The van der Waals surface area contributed by atoms with Crippen molar-refractivity contribution < 1.29 is 4.92 Å². The molecule has 3 rings (SSSR count). The quantitative estimate of drug-likeness (QED) is 0.630. The third-order valence-electron chi connectivity index (χ3n) is 3.75. The van der Waals surface area contributed by atoms with Crippen LogP contribution in [0.25, 0.3) is 0 Å². The van der Waals surface area contributed by atoms with E-state index in [9.17, 15) is 10.1 Å². The predicted molar refractivity (Wildman–Crippen MR) is 84.9 cm³/mol. The molecule has 6 heteroatoms. The summed E-state index contributed by atoms with van der Waals surface area (Å²) in [4.78, 5) is 15.5. The zero-order chi connectivity index (χ0) is 15.0. The van der Waals surface area contributed by atoms with Crippen molar-refractivity contribution in [3.05, 3.63) is 64.0 Å². The minimum absolute atomic E-state index is 0.105. The highest BCUT2D eigenvalue weighted by Gasteiger charge is 2.33. The topological polar surface area (TPSA) is 60.4 Å². The predicted octanol–water partition coefficient (Wildman–Crippen LogP) is 3.43. The smallest absolute Gasteiger partial charge is 0.269 e. The number of nitro benzene ring substituents is 1. The summed E-state index contributed by atoms with van der Waals surface area (Å²) < 4.78 is 2.15. The van der Waals surface area contributed by atoms with Crippen LogP contribution in [-0.2, 0) is 12.1 Å². The van der Waals surface area contributed by atoms with Crippen LogP contribution in [0.1, 0.15) is 18.2 Å². The van der Waals surface area contributed by atoms with E-state index in [-0.39, 0.29) is 10.6 Å². The molecule has 0 aliphatic carbocycles. The Labute approximate surface area is 126 Å². The number of aliphatic imine (C=N–C) groups is 1. The van der Waals surface area contributed by atoms with E-state index in [0.717, 1.165) is 16.3 Å². The summed E-state index contributed by atoms with van der Waals surface area (Å²) in [5.74, 6) is 0. The molecule has 2 aromatic rings. The number of fused-ring (bicyclic) bond motifs is 1. The molecule has 0 amide bonds. The molecule has 21 heavy (non-hydrogen) atoms. The first kappa shape index (κ1) is 13.9. The zero-order valence-corrected chi connectivity index (χ0v) is 12.6. The molecular formula is C15H15N3O2S. The fourth-order valence-corrected chi connectivity index (χ4v) is 3.34. The number of hydrogen-bond donors (Lipinski definition) is 0. The number of nitrogens with zero attached hydrogens (tertiary/aromatic N) is 3. The summed E-state index contributed by atoms with van der Waals surface area (Å²) in [6.07, 6.45) is 4.02. The Morgan fingerprint density at radius 2 is 2.19 bits per heavy atom. The lowest BCUT2D eigenvalue weighted by Gasteiger charge is -2.32. The van der Waals surface area contributed by atoms with Gasteiger partial charge in [0.15, 0.2) is 0 Å². The first-order valence-corrected chi connectivity index (χ1v) is 7.80. The van der Waals surface area contributed by atoms with Crippen molar-refractivity contribution in [3.8, 4) is 0 Å². The normalized spacial score (nSPS) is 20.8. The summed E-state index contributed by atoms with van der Waals surface area (Å²) in [6.45, 7) is 2.70. The van der Waals surface area contributed by atoms with Gasteiger partial charge in [-0.3, -0.25) is 15.1 Å². The van der Waals surface area contributed by atoms with Crippen molar-refractivity contribution in [2.75, 3.05) is 6.26 Å². The molecule has 1 aromatic heterocycles. The number of non-ortho nitro benzene ring substituents is 1. The average Bonchev–Trinajstić information content (AvgIpc) is 2.94. The average molecular weight is 301 g/mol. The van der Waals surface area contributed by atoms with Crippen LogP contribution in [0, 0.1) is 10.1 Å². The van der Waals surface area contributed by atoms with Crippen LogP contribution in [0.5, 0.6) is 0 Å². The lowest BCUT2D eigenvalue weighted by Crippen LogP contribution is -2.32. The van der Waals surface area contributed by atoms with Crippen molar-refractivity contribution in [3.63, 3.8) is 0 Å². The maximum atomic E-state index is 11.0. The molecule has 1 unspecified atom stereocenters. The van der Waals surface area contributed by atoms with E-state index in [4.69, 9.17) is 4.99 Å². The highest BCUT2D eigenvalue weighted by atomic mass is 32.2. The fraction of sp³-hybridized carbons (Fsp3) is 0.267. The molecule has 0 radical (unpaired) electrons. The Morgan fingerprint density at radius 3 is 2.90 bits per heavy atom. The summed E-state index contributed by atoms with van der Waals surface area (Å²) in [6, 6.07) is 10.8. The Kier molecular flexibility index (Phi) is 3.33. The van der Waals surface area contributed by atoms with Crippen molar-refractivity contribution in [2.45, 2.75) is 19.0 Å². The first-order valence-electron chi connectivity index (χ1n) is 6.58. The van der Waals surface area contributed by atoms with Gasteiger partial charge in [0, 0.05) is 18.3 Å². The van der Waals surface area contributed by atoms with Gasteiger partial charge >= 0.3 is 0 Å². The molecular weight excluding hydrogens is 286 g/mol. The minimum atomic E-state index is -0.490. The van der Waals surface area contributed by atoms with E-state index < -0.39 is 5.54 Å². The summed E-state index contributed by atoms with van der Waals surface area (Å²) >= 11 is 1.60. The second kappa shape index (κ2) is 5.04. The van der Waals surface area contributed by atoms with Crippen LogP contribution in [0.15, 0.2) is 47.6 Å². The largest absolute Gasteiger partial charge is 0.343 e. The molecule has 0 fully saturated rings. The summed E-state index contributed by atoms with van der Waals surface area (Å²) in [5.41, 5.74) is 1.58. The molecule has 1 aromatic carbocycles. The van der Waals surface area contributed by atoms with Crippen LogP contribution in [0.2, 0.25) is 0 Å². The Morgan fingerprint density at radius 1 is 1.38 bits per heavy atom. The molecule has 2 heterocycles. The number of nitro groups is 1. The molecule has 0 saturated carbocycles. The number of thioether (sulfide) groups is 1. The van der Waals surface area contributed by atoms with E-state index >= 15 is 0 Å². The highest BCUT2D eigenvalue weighted by molar-refractivity contribution is 8.13. The fourth-order valence-electron chi connectivity index (χ4n) is 2.66. The SMILES string of the molecule is CSC1=NC(C)(c2cccc([N+](=O)[O-])c2)Cn2cccc21. The van der Waals surface area contributed by atoms with Crippen LogP contribution >= 0.6 is 11.8 Å². The number of rotatable bonds is 2. The van der Waals surface area contributed by atoms with Crippen molar-refractivity contribution in [1.82, 2.24) is 4.57 Å². The van der Waals surface area contributed by atoms with Crippen molar-refractivity contribution >= 4 is 22.5 Å². The second-order valence-corrected chi connectivity index (χ2v) is 6.02. The van der Waals surface area contributed by atoms with Gasteiger partial charge in [0.25, 0.3) is 5.69 Å². The maximum Gasteiger partial charge on any atom is 0.269 e. The van der Waals surface area contributed by atoms with Crippen LogP contribution in [0.3, 0.4) is 0 Å². The lowest BCUT2D eigenvalue weighted by molar-refractivity contribution is -0.385. The van der Waals surface area contributed by atoms with Gasteiger partial charge < -0.3 is 4.57 Å². The Balaban J connectivity index is 2.09. The van der Waals surface area contributed by atoms with Gasteiger partial charge in [0.2, 0.25) is 0 Å². The molecule has 0 N–H and O–H groups in total. The second-order valence-electron chi connectivity index (χ2n) is 5.22. The molecule has 1 atom stereocenters. The van der Waals surface area contributed by atoms with Gasteiger partial charge in [-0.25, -0.2) is 0 Å². The van der Waals surface area contributed by atoms with Gasteiger partial charge in [-0.1, -0.05) is 12.1 Å². The van der Waals surface area contributed by atoms with E-state index in [0.29, 0.717) is 6.54 Å². The van der Waals surface area contributed by atoms with E-state index in [1.54, 1.807) is 23.9 Å². The van der Waals surface area contributed by atoms with E-state index in [2.05, 4.69) is 4.57 Å². The van der Waals surface area contributed by atoms with Gasteiger partial charge in [-0.2, -0.15) is 0 Å². The summed E-state index contributed by atoms with van der Waals surface area (Å²) in [7, 11) is 0. The number of aromatic nitrogens is 1. The molecule has 0 spiro atoms. The monoisotopic (exact) mass is 301 g/mol. The van der Waals surface area contributed by atoms with Gasteiger partial charge in [-0.05, 0) is 30.9 Å². The van der Waals surface area contributed by atoms with Crippen LogP contribution < -0.4 is 0 Å². The Hall–Kier alpha value is -2.08. The highest BCUT2D eigenvalue weighted by Crippen LogP contribution is 2.35. The van der Waals surface area contributed by atoms with Gasteiger partial charge in [-0.15, -0.1) is 11.8 Å². The molecule has 0 saturated heterocycles. The molecule has 5 nitrogen and oxygen atoms in total. The minimum Gasteiger partial charge on any atom is -0.343 e. The van der Waals surface area contributed by atoms with E-state index in [1.807, 2.05) is 37.6 Å². The van der Waals surface area contributed by atoms with Crippen LogP contribution in [0.4, 0.5) is 5.69 Å². The first-order chi connectivity index (χ1) is 10.0. The third-order valence-corrected chi connectivity index (χ3v) is 4.43. The zero-order valence-electron chi connectivity index (χ0n) is 11.8. The van der Waals surface area contributed by atoms with Crippen LogP contribution in [-0.4, -0.2) is 20.8 Å². The molecule has 108 valence electrons. The van der Waals surface area contributed by atoms with Gasteiger partial charge in [0.05, 0.1) is 17.2 Å². The van der Waals surface area contributed by atoms with Crippen molar-refractivity contribution in [2.24, 2.45) is 4.99 Å². The van der Waals surface area contributed by atoms with E-state index in [1.165, 1.54) is 6.07 Å². The van der Waals surface area contributed by atoms with Crippen molar-refractivity contribution in [1.29, 1.82) is 0 Å². The Bertz CT molecular complexity index is 738.